The zero-order chi connectivity index (χ0) is 16.7. The monoisotopic (exact) mass is 333 g/mol. The normalized spacial score (nSPS) is 12.0. The number of aromatic nitrogens is 1. The Hall–Kier alpha value is -1.92. The second kappa shape index (κ2) is 8.64. The van der Waals surface area contributed by atoms with E-state index in [1.54, 1.807) is 12.5 Å². The molecular formula is C17H23N3O2S. The van der Waals surface area contributed by atoms with Crippen LogP contribution in [0.1, 0.15) is 53.3 Å². The Morgan fingerprint density at radius 1 is 1.43 bits per heavy atom. The van der Waals surface area contributed by atoms with Crippen molar-refractivity contribution in [2.24, 2.45) is 5.73 Å². The van der Waals surface area contributed by atoms with Gasteiger partial charge in [0.05, 0.1) is 13.2 Å². The van der Waals surface area contributed by atoms with Crippen LogP contribution in [-0.4, -0.2) is 18.0 Å². The van der Waals surface area contributed by atoms with Gasteiger partial charge in [-0.1, -0.05) is 38.0 Å². The van der Waals surface area contributed by atoms with Crippen LogP contribution in [0, 0.1) is 0 Å². The minimum absolute atomic E-state index is 0.0873. The number of benzene rings is 1. The van der Waals surface area contributed by atoms with Crippen LogP contribution in [0.15, 0.2) is 29.6 Å². The average molecular weight is 333 g/mol. The highest BCUT2D eigenvalue weighted by atomic mass is 32.1. The smallest absolute Gasteiger partial charge is 0.271 e. The van der Waals surface area contributed by atoms with Crippen molar-refractivity contribution in [2.45, 2.75) is 38.8 Å². The molecule has 0 aliphatic heterocycles. The first-order valence-corrected chi connectivity index (χ1v) is 8.64. The molecule has 0 saturated heterocycles. The van der Waals surface area contributed by atoms with Crippen LogP contribution in [0.5, 0.6) is 5.75 Å². The summed E-state index contributed by atoms with van der Waals surface area (Å²) in [5, 5.41) is 5.45. The summed E-state index contributed by atoms with van der Waals surface area (Å²) in [5.74, 6) is 0.564. The molecule has 1 atom stereocenters. The number of nitrogens with two attached hydrogens (primary N) is 1. The predicted octanol–water partition coefficient (Wildman–Crippen LogP) is 3.27. The van der Waals surface area contributed by atoms with E-state index in [9.17, 15) is 4.79 Å². The van der Waals surface area contributed by atoms with Gasteiger partial charge in [0, 0.05) is 17.5 Å². The van der Waals surface area contributed by atoms with E-state index < -0.39 is 0 Å². The first-order valence-electron chi connectivity index (χ1n) is 7.76. The Balaban J connectivity index is 1.95. The number of carbonyl (C=O) groups is 1. The number of nitrogens with one attached hydrogen (secondary N) is 1. The molecule has 3 N–H and O–H groups in total. The summed E-state index contributed by atoms with van der Waals surface area (Å²) in [4.78, 5) is 16.6. The van der Waals surface area contributed by atoms with Gasteiger partial charge in [0.15, 0.2) is 0 Å². The summed E-state index contributed by atoms with van der Waals surface area (Å²) < 4.78 is 5.28. The highest BCUT2D eigenvalue weighted by molar-refractivity contribution is 7.09. The number of rotatable bonds is 8. The number of unbranched alkanes of at least 4 members (excludes halogenated alkanes) is 1. The van der Waals surface area contributed by atoms with Crippen LogP contribution in [0.25, 0.3) is 0 Å². The molecule has 1 aromatic heterocycles. The van der Waals surface area contributed by atoms with E-state index in [0.29, 0.717) is 12.2 Å². The maximum Gasteiger partial charge on any atom is 0.271 e. The summed E-state index contributed by atoms with van der Waals surface area (Å²) in [5.41, 5.74) is 7.45. The molecule has 0 saturated carbocycles. The van der Waals surface area contributed by atoms with Gasteiger partial charge in [0.25, 0.3) is 5.91 Å². The number of ether oxygens (including phenoxy) is 1. The maximum absolute atomic E-state index is 12.2. The topological polar surface area (TPSA) is 77.2 Å². The van der Waals surface area contributed by atoms with E-state index in [4.69, 9.17) is 10.5 Å². The minimum atomic E-state index is -0.193. The number of nitrogens with zero attached hydrogens (tertiary/aromatic N) is 1. The molecule has 124 valence electrons. The first-order chi connectivity index (χ1) is 11.2. The van der Waals surface area contributed by atoms with Crippen molar-refractivity contribution in [3.8, 4) is 5.75 Å². The summed E-state index contributed by atoms with van der Waals surface area (Å²) in [6.07, 6.45) is 3.06. The fraction of sp³-hybridized carbons (Fsp3) is 0.412. The van der Waals surface area contributed by atoms with E-state index in [2.05, 4.69) is 17.2 Å². The van der Waals surface area contributed by atoms with Crippen LogP contribution < -0.4 is 15.8 Å². The molecule has 0 bridgehead atoms. The number of hydrogen-bond acceptors (Lipinski definition) is 5. The van der Waals surface area contributed by atoms with Gasteiger partial charge >= 0.3 is 0 Å². The average Bonchev–Trinajstić information content (AvgIpc) is 3.08. The number of hydrogen-bond donors (Lipinski definition) is 2. The zero-order valence-electron chi connectivity index (χ0n) is 13.5. The molecule has 0 aliphatic rings. The molecule has 1 amide bonds. The van der Waals surface area contributed by atoms with Gasteiger partial charge in [-0.25, -0.2) is 4.98 Å². The maximum atomic E-state index is 12.2. The molecule has 23 heavy (non-hydrogen) atoms. The molecule has 1 heterocycles. The molecule has 0 radical (unpaired) electrons. The number of para-hydroxylation sites is 1. The zero-order valence-corrected chi connectivity index (χ0v) is 14.4. The predicted molar refractivity (Wildman–Crippen MR) is 92.7 cm³/mol. The van der Waals surface area contributed by atoms with Crippen molar-refractivity contribution in [3.05, 3.63) is 45.9 Å². The third-order valence-corrected chi connectivity index (χ3v) is 4.55. The van der Waals surface area contributed by atoms with Crippen molar-refractivity contribution in [2.75, 3.05) is 7.11 Å². The van der Waals surface area contributed by atoms with Gasteiger partial charge in [-0.2, -0.15) is 0 Å². The molecular weight excluding hydrogens is 310 g/mol. The lowest BCUT2D eigenvalue weighted by atomic mass is 10.1. The number of methoxy groups -OCH3 is 1. The SMILES string of the molecule is CCCCC(N)c1nc(C(=O)NCc2ccccc2OC)cs1. The van der Waals surface area contributed by atoms with Gasteiger partial charge in [-0.15, -0.1) is 11.3 Å². The van der Waals surface area contributed by atoms with Crippen molar-refractivity contribution in [3.63, 3.8) is 0 Å². The molecule has 2 aromatic rings. The van der Waals surface area contributed by atoms with Crippen molar-refractivity contribution >= 4 is 17.2 Å². The lowest BCUT2D eigenvalue weighted by Gasteiger charge is -2.09. The summed E-state index contributed by atoms with van der Waals surface area (Å²) in [7, 11) is 1.62. The number of amides is 1. The fourth-order valence-corrected chi connectivity index (χ4v) is 3.06. The Kier molecular flexibility index (Phi) is 6.55. The van der Waals surface area contributed by atoms with Crippen LogP contribution >= 0.6 is 11.3 Å². The van der Waals surface area contributed by atoms with Crippen LogP contribution in [0.3, 0.4) is 0 Å². The standard InChI is InChI=1S/C17H23N3O2S/c1-3-4-8-13(18)17-20-14(11-23-17)16(21)19-10-12-7-5-6-9-15(12)22-2/h5-7,9,11,13H,3-4,8,10,18H2,1-2H3,(H,19,21). The van der Waals surface area contributed by atoms with E-state index in [0.717, 1.165) is 35.6 Å². The summed E-state index contributed by atoms with van der Waals surface area (Å²) in [6, 6.07) is 7.52. The molecule has 1 unspecified atom stereocenters. The largest absolute Gasteiger partial charge is 0.496 e. The Bertz CT molecular complexity index is 642. The third kappa shape index (κ3) is 4.77. The number of carbonyl (C=O) groups excluding carboxylic acids is 1. The molecule has 6 heteroatoms. The van der Waals surface area contributed by atoms with Gasteiger partial charge < -0.3 is 15.8 Å². The van der Waals surface area contributed by atoms with Gasteiger partial charge in [0.2, 0.25) is 0 Å². The molecule has 0 aliphatic carbocycles. The molecule has 1 aromatic carbocycles. The van der Waals surface area contributed by atoms with E-state index >= 15 is 0 Å². The van der Waals surface area contributed by atoms with E-state index in [1.807, 2.05) is 24.3 Å². The Labute approximate surface area is 140 Å². The van der Waals surface area contributed by atoms with Crippen LogP contribution in [0.4, 0.5) is 0 Å². The van der Waals surface area contributed by atoms with Gasteiger partial charge in [-0.3, -0.25) is 4.79 Å². The fourth-order valence-electron chi connectivity index (χ4n) is 2.22. The van der Waals surface area contributed by atoms with Crippen molar-refractivity contribution in [1.29, 1.82) is 0 Å². The molecule has 0 fully saturated rings. The van der Waals surface area contributed by atoms with E-state index in [-0.39, 0.29) is 11.9 Å². The summed E-state index contributed by atoms with van der Waals surface area (Å²) >= 11 is 1.44. The first kappa shape index (κ1) is 17.4. The second-order valence-corrected chi connectivity index (χ2v) is 6.20. The second-order valence-electron chi connectivity index (χ2n) is 5.31. The highest BCUT2D eigenvalue weighted by Crippen LogP contribution is 2.21. The molecule has 5 nitrogen and oxygen atoms in total. The van der Waals surface area contributed by atoms with E-state index in [1.165, 1.54) is 11.3 Å². The highest BCUT2D eigenvalue weighted by Gasteiger charge is 2.15. The van der Waals surface area contributed by atoms with Gasteiger partial charge in [-0.05, 0) is 12.5 Å². The minimum Gasteiger partial charge on any atom is -0.496 e. The van der Waals surface area contributed by atoms with Crippen molar-refractivity contribution in [1.82, 2.24) is 10.3 Å². The Morgan fingerprint density at radius 3 is 2.96 bits per heavy atom. The molecule has 0 spiro atoms. The van der Waals surface area contributed by atoms with Crippen LogP contribution in [0.2, 0.25) is 0 Å². The van der Waals surface area contributed by atoms with Crippen LogP contribution in [-0.2, 0) is 6.54 Å². The quantitative estimate of drug-likeness (QED) is 0.777. The summed E-state index contributed by atoms with van der Waals surface area (Å²) in [6.45, 7) is 2.53. The van der Waals surface area contributed by atoms with Gasteiger partial charge in [0.1, 0.15) is 16.5 Å². The lowest BCUT2D eigenvalue weighted by molar-refractivity contribution is 0.0946. The van der Waals surface area contributed by atoms with Crippen molar-refractivity contribution < 1.29 is 9.53 Å². The third-order valence-electron chi connectivity index (χ3n) is 3.57. The molecule has 2 rings (SSSR count). The Morgan fingerprint density at radius 2 is 2.22 bits per heavy atom. The number of thiazole rings is 1. The lowest BCUT2D eigenvalue weighted by Crippen LogP contribution is -2.23.